The molecular formula is C23H22N2O4. The lowest BCUT2D eigenvalue weighted by atomic mass is 10.1. The SMILES string of the molecule is CCOC(=O)c1cc2c3ccccc3n(CC(O)COc3ccccc3)c2cn1. The molecule has 6 nitrogen and oxygen atoms in total. The van der Waals surface area contributed by atoms with Crippen LogP contribution in [-0.2, 0) is 11.3 Å². The number of carbonyl (C=O) groups excluding carboxylic acids is 1. The van der Waals surface area contributed by atoms with Crippen molar-refractivity contribution in [2.75, 3.05) is 13.2 Å². The maximum atomic E-state index is 12.1. The largest absolute Gasteiger partial charge is 0.491 e. The highest BCUT2D eigenvalue weighted by Gasteiger charge is 2.17. The van der Waals surface area contributed by atoms with Crippen LogP contribution in [0.1, 0.15) is 17.4 Å². The quantitative estimate of drug-likeness (QED) is 0.486. The van der Waals surface area contributed by atoms with E-state index in [0.29, 0.717) is 13.2 Å². The number of aliphatic hydroxyl groups is 1. The average molecular weight is 390 g/mol. The average Bonchev–Trinajstić information content (AvgIpc) is 3.06. The number of fused-ring (bicyclic) bond motifs is 3. The molecule has 4 aromatic rings. The van der Waals surface area contributed by atoms with Gasteiger partial charge in [-0.1, -0.05) is 36.4 Å². The number of esters is 1. The molecule has 0 saturated heterocycles. The van der Waals surface area contributed by atoms with Gasteiger partial charge < -0.3 is 19.1 Å². The summed E-state index contributed by atoms with van der Waals surface area (Å²) in [6.07, 6.45) is 0.950. The Hall–Kier alpha value is -3.38. The lowest BCUT2D eigenvalue weighted by Crippen LogP contribution is -2.23. The van der Waals surface area contributed by atoms with Gasteiger partial charge in [0.25, 0.3) is 0 Å². The van der Waals surface area contributed by atoms with E-state index < -0.39 is 12.1 Å². The molecule has 0 saturated carbocycles. The molecule has 4 rings (SSSR count). The normalized spacial score (nSPS) is 12.2. The number of para-hydroxylation sites is 2. The van der Waals surface area contributed by atoms with Gasteiger partial charge in [0.2, 0.25) is 0 Å². The van der Waals surface area contributed by atoms with Gasteiger partial charge in [-0.3, -0.25) is 0 Å². The second-order valence-electron chi connectivity index (χ2n) is 6.71. The van der Waals surface area contributed by atoms with Crippen LogP contribution in [0.2, 0.25) is 0 Å². The summed E-state index contributed by atoms with van der Waals surface area (Å²) in [5, 5.41) is 12.5. The lowest BCUT2D eigenvalue weighted by Gasteiger charge is -2.15. The summed E-state index contributed by atoms with van der Waals surface area (Å²) >= 11 is 0. The Kier molecular flexibility index (Phi) is 5.44. The highest BCUT2D eigenvalue weighted by molar-refractivity contribution is 6.09. The van der Waals surface area contributed by atoms with E-state index in [1.807, 2.05) is 59.2 Å². The van der Waals surface area contributed by atoms with Gasteiger partial charge in [-0.25, -0.2) is 9.78 Å². The van der Waals surface area contributed by atoms with E-state index in [-0.39, 0.29) is 12.3 Å². The van der Waals surface area contributed by atoms with Crippen molar-refractivity contribution in [3.8, 4) is 5.75 Å². The first-order chi connectivity index (χ1) is 14.2. The van der Waals surface area contributed by atoms with Crippen molar-refractivity contribution in [2.24, 2.45) is 0 Å². The lowest BCUT2D eigenvalue weighted by molar-refractivity contribution is 0.0519. The number of hydrogen-bond donors (Lipinski definition) is 1. The monoisotopic (exact) mass is 390 g/mol. The van der Waals surface area contributed by atoms with Crippen LogP contribution < -0.4 is 4.74 Å². The summed E-state index contributed by atoms with van der Waals surface area (Å²) in [4.78, 5) is 16.4. The van der Waals surface area contributed by atoms with E-state index in [2.05, 4.69) is 4.98 Å². The van der Waals surface area contributed by atoms with Crippen molar-refractivity contribution < 1.29 is 19.4 Å². The van der Waals surface area contributed by atoms with Gasteiger partial charge in [0, 0.05) is 16.3 Å². The van der Waals surface area contributed by atoms with E-state index in [1.165, 1.54) is 0 Å². The predicted octanol–water partition coefficient (Wildman–Crippen LogP) is 3.81. The Balaban J connectivity index is 1.65. The highest BCUT2D eigenvalue weighted by atomic mass is 16.5. The first kappa shape index (κ1) is 19.0. The van der Waals surface area contributed by atoms with Gasteiger partial charge in [0.1, 0.15) is 24.2 Å². The minimum absolute atomic E-state index is 0.173. The third kappa shape index (κ3) is 3.93. The predicted molar refractivity (Wildman–Crippen MR) is 111 cm³/mol. The number of aromatic nitrogens is 2. The molecule has 148 valence electrons. The van der Waals surface area contributed by atoms with Crippen LogP contribution in [0.15, 0.2) is 66.9 Å². The standard InChI is InChI=1S/C23H22N2O4/c1-2-28-23(27)20-12-19-18-10-6-7-11-21(18)25(22(19)13-24-20)14-16(26)15-29-17-8-4-3-5-9-17/h3-13,16,26H,2,14-15H2,1H3. The van der Waals surface area contributed by atoms with Crippen LogP contribution in [0, 0.1) is 0 Å². The van der Waals surface area contributed by atoms with Crippen molar-refractivity contribution in [3.63, 3.8) is 0 Å². The van der Waals surface area contributed by atoms with Gasteiger partial charge in [-0.15, -0.1) is 0 Å². The molecule has 0 bridgehead atoms. The molecule has 2 aromatic heterocycles. The van der Waals surface area contributed by atoms with Gasteiger partial charge in [-0.05, 0) is 31.2 Å². The summed E-state index contributed by atoms with van der Waals surface area (Å²) in [6, 6.07) is 19.0. The van der Waals surface area contributed by atoms with Gasteiger partial charge in [0.15, 0.2) is 0 Å². The van der Waals surface area contributed by atoms with Crippen molar-refractivity contribution in [3.05, 3.63) is 72.6 Å². The fourth-order valence-corrected chi connectivity index (χ4v) is 3.43. The Labute approximate surface area is 168 Å². The molecule has 0 aliphatic heterocycles. The molecule has 0 aliphatic rings. The number of nitrogens with zero attached hydrogens (tertiary/aromatic N) is 2. The van der Waals surface area contributed by atoms with Crippen molar-refractivity contribution in [1.29, 1.82) is 0 Å². The van der Waals surface area contributed by atoms with E-state index in [0.717, 1.165) is 27.6 Å². The van der Waals surface area contributed by atoms with E-state index in [4.69, 9.17) is 9.47 Å². The molecule has 6 heteroatoms. The third-order valence-electron chi connectivity index (χ3n) is 4.72. The molecule has 0 radical (unpaired) electrons. The molecule has 0 aliphatic carbocycles. The highest BCUT2D eigenvalue weighted by Crippen LogP contribution is 2.29. The molecule has 1 N–H and O–H groups in total. The van der Waals surface area contributed by atoms with Gasteiger partial charge >= 0.3 is 5.97 Å². The molecule has 0 fully saturated rings. The van der Waals surface area contributed by atoms with Gasteiger partial charge in [0.05, 0.1) is 24.9 Å². The van der Waals surface area contributed by atoms with Gasteiger partial charge in [-0.2, -0.15) is 0 Å². The van der Waals surface area contributed by atoms with Crippen molar-refractivity contribution in [2.45, 2.75) is 19.6 Å². The molecule has 2 aromatic carbocycles. The summed E-state index contributed by atoms with van der Waals surface area (Å²) < 4.78 is 12.8. The molecule has 29 heavy (non-hydrogen) atoms. The second kappa shape index (κ2) is 8.32. The Morgan fingerprint density at radius 2 is 1.83 bits per heavy atom. The smallest absolute Gasteiger partial charge is 0.356 e. The third-order valence-corrected chi connectivity index (χ3v) is 4.72. The van der Waals surface area contributed by atoms with E-state index in [1.54, 1.807) is 19.2 Å². The Morgan fingerprint density at radius 1 is 1.07 bits per heavy atom. The first-order valence-electron chi connectivity index (χ1n) is 9.57. The van der Waals surface area contributed by atoms with Crippen molar-refractivity contribution in [1.82, 2.24) is 9.55 Å². The van der Waals surface area contributed by atoms with Crippen molar-refractivity contribution >= 4 is 27.8 Å². The molecule has 0 spiro atoms. The molecule has 1 unspecified atom stereocenters. The summed E-state index contributed by atoms with van der Waals surface area (Å²) in [7, 11) is 0. The topological polar surface area (TPSA) is 73.6 Å². The number of benzene rings is 2. The summed E-state index contributed by atoms with van der Waals surface area (Å²) in [6.45, 7) is 2.58. The zero-order chi connectivity index (χ0) is 20.2. The minimum atomic E-state index is -0.709. The number of aliphatic hydroxyl groups excluding tert-OH is 1. The fourth-order valence-electron chi connectivity index (χ4n) is 3.43. The van der Waals surface area contributed by atoms with Crippen LogP contribution in [-0.4, -0.2) is 39.9 Å². The van der Waals surface area contributed by atoms with Crippen LogP contribution in [0.4, 0.5) is 0 Å². The number of hydrogen-bond acceptors (Lipinski definition) is 5. The molecular weight excluding hydrogens is 368 g/mol. The van der Waals surface area contributed by atoms with E-state index >= 15 is 0 Å². The second-order valence-corrected chi connectivity index (χ2v) is 6.71. The molecule has 0 amide bonds. The fraction of sp³-hybridized carbons (Fsp3) is 0.217. The maximum Gasteiger partial charge on any atom is 0.356 e. The van der Waals surface area contributed by atoms with Crippen LogP contribution in [0.5, 0.6) is 5.75 Å². The Bertz CT molecular complexity index is 1140. The Morgan fingerprint density at radius 3 is 2.62 bits per heavy atom. The van der Waals surface area contributed by atoms with Crippen LogP contribution in [0.3, 0.4) is 0 Å². The van der Waals surface area contributed by atoms with Crippen LogP contribution >= 0.6 is 0 Å². The molecule has 2 heterocycles. The maximum absolute atomic E-state index is 12.1. The first-order valence-corrected chi connectivity index (χ1v) is 9.57. The zero-order valence-corrected chi connectivity index (χ0v) is 16.1. The number of pyridine rings is 1. The molecule has 1 atom stereocenters. The number of rotatable bonds is 7. The van der Waals surface area contributed by atoms with Crippen LogP contribution in [0.25, 0.3) is 21.8 Å². The summed E-state index contributed by atoms with van der Waals surface area (Å²) in [5.74, 6) is 0.275. The van der Waals surface area contributed by atoms with E-state index in [9.17, 15) is 9.90 Å². The zero-order valence-electron chi connectivity index (χ0n) is 16.1. The summed E-state index contributed by atoms with van der Waals surface area (Å²) in [5.41, 5.74) is 2.08. The minimum Gasteiger partial charge on any atom is -0.491 e. The number of carbonyl (C=O) groups is 1. The number of ether oxygens (including phenoxy) is 2.